The van der Waals surface area contributed by atoms with Crippen molar-refractivity contribution in [3.05, 3.63) is 54.1 Å². The van der Waals surface area contributed by atoms with Gasteiger partial charge in [-0.15, -0.1) is 11.8 Å². The minimum atomic E-state index is -0.505. The van der Waals surface area contributed by atoms with Crippen molar-refractivity contribution in [1.82, 2.24) is 0 Å². The van der Waals surface area contributed by atoms with Crippen molar-refractivity contribution >= 4 is 40.9 Å². The fraction of sp³-hybridized carbons (Fsp3) is 0.250. The van der Waals surface area contributed by atoms with E-state index >= 15 is 0 Å². The topological polar surface area (TPSA) is 84.5 Å². The molecule has 7 heteroatoms. The molecule has 0 aliphatic carbocycles. The average Bonchev–Trinajstić information content (AvgIpc) is 2.66. The Morgan fingerprint density at radius 3 is 2.52 bits per heavy atom. The zero-order valence-corrected chi connectivity index (χ0v) is 16.1. The van der Waals surface area contributed by atoms with Crippen molar-refractivity contribution in [3.63, 3.8) is 0 Å². The first-order chi connectivity index (χ1) is 13.0. The third kappa shape index (κ3) is 6.45. The molecule has 0 saturated carbocycles. The van der Waals surface area contributed by atoms with Crippen LogP contribution >= 0.6 is 11.8 Å². The highest BCUT2D eigenvalue weighted by atomic mass is 32.2. The third-order valence-corrected chi connectivity index (χ3v) is 4.57. The summed E-state index contributed by atoms with van der Waals surface area (Å²) in [6, 6.07) is 14.0. The predicted molar refractivity (Wildman–Crippen MR) is 107 cm³/mol. The molecule has 142 valence electrons. The minimum absolute atomic E-state index is 0.0307. The summed E-state index contributed by atoms with van der Waals surface area (Å²) in [7, 11) is 1.29. The molecular formula is C20H22N2O4S. The summed E-state index contributed by atoms with van der Waals surface area (Å²) >= 11 is 1.34. The number of methoxy groups -OCH3 is 1. The molecule has 0 radical (unpaired) electrons. The number of amides is 2. The number of benzene rings is 2. The standard InChI is InChI=1S/C20H22N2O4S/c1-3-7-18(23)21-14-8-6-9-15(12-14)27-13-19(24)22-17-11-5-4-10-16(17)20(25)26-2/h4-6,8-12H,3,7,13H2,1-2H3,(H,21,23)(H,22,24). The highest BCUT2D eigenvalue weighted by molar-refractivity contribution is 8.00. The second-order valence-electron chi connectivity index (χ2n) is 5.70. The van der Waals surface area contributed by atoms with Crippen molar-refractivity contribution in [1.29, 1.82) is 0 Å². The van der Waals surface area contributed by atoms with Crippen molar-refractivity contribution in [2.24, 2.45) is 0 Å². The highest BCUT2D eigenvalue weighted by Gasteiger charge is 2.13. The van der Waals surface area contributed by atoms with Crippen LogP contribution in [0.1, 0.15) is 30.1 Å². The molecule has 2 amide bonds. The van der Waals surface area contributed by atoms with Gasteiger partial charge in [0.05, 0.1) is 24.1 Å². The molecule has 6 nitrogen and oxygen atoms in total. The van der Waals surface area contributed by atoms with Gasteiger partial charge in [-0.25, -0.2) is 4.79 Å². The Labute approximate surface area is 162 Å². The molecule has 0 aromatic heterocycles. The summed E-state index contributed by atoms with van der Waals surface area (Å²) in [5.41, 5.74) is 1.42. The van der Waals surface area contributed by atoms with Crippen LogP contribution in [0.15, 0.2) is 53.4 Å². The van der Waals surface area contributed by atoms with Crippen molar-refractivity contribution < 1.29 is 19.1 Å². The van der Waals surface area contributed by atoms with Gasteiger partial charge in [0.15, 0.2) is 0 Å². The first-order valence-electron chi connectivity index (χ1n) is 8.53. The Kier molecular flexibility index (Phi) is 7.88. The summed E-state index contributed by atoms with van der Waals surface area (Å²) in [6.45, 7) is 1.95. The summed E-state index contributed by atoms with van der Waals surface area (Å²) < 4.78 is 4.72. The lowest BCUT2D eigenvalue weighted by molar-refractivity contribution is -0.116. The monoisotopic (exact) mass is 386 g/mol. The van der Waals surface area contributed by atoms with Gasteiger partial charge in [-0.3, -0.25) is 9.59 Å². The zero-order chi connectivity index (χ0) is 19.6. The molecule has 0 unspecified atom stereocenters. The fourth-order valence-corrected chi connectivity index (χ4v) is 3.08. The van der Waals surface area contributed by atoms with Crippen LogP contribution in [0.2, 0.25) is 0 Å². The van der Waals surface area contributed by atoms with Gasteiger partial charge in [-0.2, -0.15) is 0 Å². The maximum absolute atomic E-state index is 12.2. The van der Waals surface area contributed by atoms with Crippen molar-refractivity contribution in [2.45, 2.75) is 24.7 Å². The number of hydrogen-bond acceptors (Lipinski definition) is 5. The molecule has 2 N–H and O–H groups in total. The van der Waals surface area contributed by atoms with Crippen LogP contribution in [0.4, 0.5) is 11.4 Å². The van der Waals surface area contributed by atoms with Gasteiger partial charge in [0.25, 0.3) is 0 Å². The smallest absolute Gasteiger partial charge is 0.339 e. The summed E-state index contributed by atoms with van der Waals surface area (Å²) in [5.74, 6) is -0.607. The summed E-state index contributed by atoms with van der Waals surface area (Å²) in [4.78, 5) is 36.5. The largest absolute Gasteiger partial charge is 0.465 e. The SMILES string of the molecule is CCCC(=O)Nc1cccc(SCC(=O)Nc2ccccc2C(=O)OC)c1. The quantitative estimate of drug-likeness (QED) is 0.530. The number of carbonyl (C=O) groups is 3. The van der Waals surface area contributed by atoms with Crippen LogP contribution in [0.25, 0.3) is 0 Å². The van der Waals surface area contributed by atoms with Crippen LogP contribution in [0.3, 0.4) is 0 Å². The Bertz CT molecular complexity index is 823. The molecule has 0 aliphatic heterocycles. The zero-order valence-electron chi connectivity index (χ0n) is 15.3. The van der Waals surface area contributed by atoms with E-state index in [4.69, 9.17) is 4.74 Å². The summed E-state index contributed by atoms with van der Waals surface area (Å²) in [5, 5.41) is 5.56. The van der Waals surface area contributed by atoms with Crippen LogP contribution in [0, 0.1) is 0 Å². The Morgan fingerprint density at radius 2 is 1.78 bits per heavy atom. The molecular weight excluding hydrogens is 364 g/mol. The number of thioether (sulfide) groups is 1. The Morgan fingerprint density at radius 1 is 1.00 bits per heavy atom. The fourth-order valence-electron chi connectivity index (χ4n) is 2.33. The Hall–Kier alpha value is -2.80. The van der Waals surface area contributed by atoms with Crippen molar-refractivity contribution in [2.75, 3.05) is 23.5 Å². The van der Waals surface area contributed by atoms with Crippen LogP contribution < -0.4 is 10.6 Å². The number of hydrogen-bond donors (Lipinski definition) is 2. The van der Waals surface area contributed by atoms with Gasteiger partial charge in [0, 0.05) is 17.0 Å². The van der Waals surface area contributed by atoms with Gasteiger partial charge in [-0.05, 0) is 36.8 Å². The Balaban J connectivity index is 1.95. The lowest BCUT2D eigenvalue weighted by Gasteiger charge is -2.10. The molecule has 0 saturated heterocycles. The normalized spacial score (nSPS) is 10.1. The average molecular weight is 386 g/mol. The maximum atomic E-state index is 12.2. The first-order valence-corrected chi connectivity index (χ1v) is 9.52. The van der Waals surface area contributed by atoms with E-state index in [2.05, 4.69) is 10.6 Å². The number of ether oxygens (including phenoxy) is 1. The van der Waals surface area contributed by atoms with Gasteiger partial charge in [-0.1, -0.05) is 25.1 Å². The molecule has 27 heavy (non-hydrogen) atoms. The number of rotatable bonds is 8. The van der Waals surface area contributed by atoms with E-state index in [9.17, 15) is 14.4 Å². The number of esters is 1. The second kappa shape index (κ2) is 10.4. The number of para-hydroxylation sites is 1. The number of carbonyl (C=O) groups excluding carboxylic acids is 3. The molecule has 0 heterocycles. The maximum Gasteiger partial charge on any atom is 0.339 e. The first kappa shape index (κ1) is 20.5. The minimum Gasteiger partial charge on any atom is -0.465 e. The van der Waals surface area contributed by atoms with Crippen LogP contribution in [-0.4, -0.2) is 30.6 Å². The lowest BCUT2D eigenvalue weighted by atomic mass is 10.2. The van der Waals surface area contributed by atoms with Gasteiger partial charge < -0.3 is 15.4 Å². The lowest BCUT2D eigenvalue weighted by Crippen LogP contribution is -2.17. The van der Waals surface area contributed by atoms with E-state index in [1.165, 1.54) is 18.9 Å². The molecule has 2 aromatic rings. The number of nitrogens with one attached hydrogen (secondary N) is 2. The van der Waals surface area contributed by atoms with E-state index in [1.54, 1.807) is 24.3 Å². The highest BCUT2D eigenvalue weighted by Crippen LogP contribution is 2.23. The molecule has 0 atom stereocenters. The molecule has 2 aromatic carbocycles. The van der Waals surface area contributed by atoms with Crippen molar-refractivity contribution in [3.8, 4) is 0 Å². The molecule has 0 bridgehead atoms. The van der Waals surface area contributed by atoms with Gasteiger partial charge >= 0.3 is 5.97 Å². The molecule has 2 rings (SSSR count). The van der Waals surface area contributed by atoms with Crippen LogP contribution in [-0.2, 0) is 14.3 Å². The van der Waals surface area contributed by atoms with Gasteiger partial charge in [0.2, 0.25) is 11.8 Å². The number of anilines is 2. The van der Waals surface area contributed by atoms with E-state index in [-0.39, 0.29) is 17.6 Å². The molecule has 0 fully saturated rings. The van der Waals surface area contributed by atoms with Gasteiger partial charge in [0.1, 0.15) is 0 Å². The van der Waals surface area contributed by atoms with E-state index in [0.29, 0.717) is 23.4 Å². The van der Waals surface area contributed by atoms with E-state index < -0.39 is 5.97 Å². The third-order valence-electron chi connectivity index (χ3n) is 3.57. The van der Waals surface area contributed by atoms with E-state index in [1.807, 2.05) is 31.2 Å². The summed E-state index contributed by atoms with van der Waals surface area (Å²) in [6.07, 6.45) is 1.26. The second-order valence-corrected chi connectivity index (χ2v) is 6.75. The molecule has 0 aliphatic rings. The van der Waals surface area contributed by atoms with Crippen LogP contribution in [0.5, 0.6) is 0 Å². The molecule has 0 spiro atoms. The van der Waals surface area contributed by atoms with E-state index in [0.717, 1.165) is 11.3 Å². The predicted octanol–water partition coefficient (Wildman–Crippen LogP) is 3.94.